The van der Waals surface area contributed by atoms with Crippen LogP contribution in [0.5, 0.6) is 0 Å². The minimum Gasteiger partial charge on any atom is -0.396 e. The number of hydrazine groups is 1. The fourth-order valence-electron chi connectivity index (χ4n) is 0.842. The van der Waals surface area contributed by atoms with Gasteiger partial charge in [0.1, 0.15) is 0 Å². The van der Waals surface area contributed by atoms with E-state index in [1.54, 1.807) is 0 Å². The molecule has 0 unspecified atom stereocenters. The summed E-state index contributed by atoms with van der Waals surface area (Å²) in [5, 5.41) is 8.88. The van der Waals surface area contributed by atoms with Gasteiger partial charge in [0.2, 0.25) is 5.96 Å². The summed E-state index contributed by atoms with van der Waals surface area (Å²) in [5.74, 6) is 5.22. The van der Waals surface area contributed by atoms with E-state index in [0.29, 0.717) is 6.54 Å². The molecule has 6 N–H and O–H groups in total. The van der Waals surface area contributed by atoms with Gasteiger partial charge in [-0.1, -0.05) is 0 Å². The summed E-state index contributed by atoms with van der Waals surface area (Å²) in [6.45, 7) is 0.758. The monoisotopic (exact) mass is 158 g/mol. The highest BCUT2D eigenvalue weighted by Crippen LogP contribution is 2.45. The van der Waals surface area contributed by atoms with Gasteiger partial charge in [0.25, 0.3) is 0 Å². The Morgan fingerprint density at radius 1 is 1.64 bits per heavy atom. The molecule has 1 rings (SSSR count). The number of guanidine groups is 1. The van der Waals surface area contributed by atoms with Gasteiger partial charge < -0.3 is 10.8 Å². The first-order valence-electron chi connectivity index (χ1n) is 3.60. The highest BCUT2D eigenvalue weighted by atomic mass is 16.3. The average Bonchev–Trinajstić information content (AvgIpc) is 2.81. The number of aliphatic imine (C=N–C) groups is 1. The number of rotatable bonds is 3. The molecule has 0 heterocycles. The van der Waals surface area contributed by atoms with Gasteiger partial charge in [-0.15, -0.1) is 0 Å². The van der Waals surface area contributed by atoms with E-state index in [9.17, 15) is 0 Å². The lowest BCUT2D eigenvalue weighted by Crippen LogP contribution is -2.37. The molecule has 1 fully saturated rings. The summed E-state index contributed by atoms with van der Waals surface area (Å²) in [4.78, 5) is 3.95. The Morgan fingerprint density at radius 2 is 2.27 bits per heavy atom. The van der Waals surface area contributed by atoms with Gasteiger partial charge in [0.15, 0.2) is 0 Å². The van der Waals surface area contributed by atoms with Gasteiger partial charge in [-0.05, 0) is 12.8 Å². The largest absolute Gasteiger partial charge is 0.396 e. The first-order valence-corrected chi connectivity index (χ1v) is 3.60. The predicted octanol–water partition coefficient (Wildman–Crippen LogP) is -1.46. The van der Waals surface area contributed by atoms with E-state index in [-0.39, 0.29) is 18.0 Å². The van der Waals surface area contributed by atoms with E-state index in [1.807, 2.05) is 0 Å². The van der Waals surface area contributed by atoms with Crippen LogP contribution in [0.1, 0.15) is 12.8 Å². The fourth-order valence-corrected chi connectivity index (χ4v) is 0.842. The normalized spacial score (nSPS) is 21.5. The third-order valence-electron chi connectivity index (χ3n) is 2.03. The van der Waals surface area contributed by atoms with Gasteiger partial charge in [-0.25, -0.2) is 5.84 Å². The van der Waals surface area contributed by atoms with Crippen molar-refractivity contribution in [2.75, 3.05) is 13.2 Å². The number of nitrogens with two attached hydrogens (primary N) is 2. The van der Waals surface area contributed by atoms with Gasteiger partial charge in [0, 0.05) is 5.41 Å². The summed E-state index contributed by atoms with van der Waals surface area (Å²) in [5.41, 5.74) is 7.55. The zero-order valence-electron chi connectivity index (χ0n) is 6.38. The van der Waals surface area contributed by atoms with Crippen LogP contribution in [0, 0.1) is 5.41 Å². The van der Waals surface area contributed by atoms with E-state index < -0.39 is 0 Å². The molecule has 0 aromatic rings. The van der Waals surface area contributed by atoms with Crippen molar-refractivity contribution in [1.82, 2.24) is 5.43 Å². The second-order valence-corrected chi connectivity index (χ2v) is 3.00. The van der Waals surface area contributed by atoms with Crippen molar-refractivity contribution in [2.45, 2.75) is 12.8 Å². The van der Waals surface area contributed by atoms with Crippen LogP contribution >= 0.6 is 0 Å². The Morgan fingerprint density at radius 3 is 2.64 bits per heavy atom. The van der Waals surface area contributed by atoms with Crippen molar-refractivity contribution in [3.05, 3.63) is 0 Å². The molecule has 1 aliphatic rings. The lowest BCUT2D eigenvalue weighted by atomic mass is 10.1. The Labute approximate surface area is 65.4 Å². The molecular formula is C6H14N4O. The van der Waals surface area contributed by atoms with Crippen molar-refractivity contribution < 1.29 is 5.11 Å². The van der Waals surface area contributed by atoms with Crippen molar-refractivity contribution in [2.24, 2.45) is 22.0 Å². The third-order valence-corrected chi connectivity index (χ3v) is 2.03. The Bertz CT molecular complexity index is 164. The smallest absolute Gasteiger partial charge is 0.203 e. The van der Waals surface area contributed by atoms with E-state index in [1.165, 1.54) is 0 Å². The number of hydrogen-bond acceptors (Lipinski definition) is 3. The highest BCUT2D eigenvalue weighted by molar-refractivity contribution is 5.77. The molecular weight excluding hydrogens is 144 g/mol. The number of aliphatic hydroxyl groups is 1. The van der Waals surface area contributed by atoms with Crippen LogP contribution in [-0.4, -0.2) is 24.2 Å². The molecule has 0 radical (unpaired) electrons. The van der Waals surface area contributed by atoms with Gasteiger partial charge in [-0.2, -0.15) is 0 Å². The molecule has 0 saturated heterocycles. The van der Waals surface area contributed by atoms with Crippen LogP contribution in [0.15, 0.2) is 4.99 Å². The fraction of sp³-hybridized carbons (Fsp3) is 0.833. The lowest BCUT2D eigenvalue weighted by molar-refractivity contribution is 0.217. The van der Waals surface area contributed by atoms with Crippen LogP contribution in [0.2, 0.25) is 0 Å². The van der Waals surface area contributed by atoms with Gasteiger partial charge in [-0.3, -0.25) is 10.4 Å². The topological polar surface area (TPSA) is 96.7 Å². The maximum absolute atomic E-state index is 8.88. The van der Waals surface area contributed by atoms with E-state index in [4.69, 9.17) is 16.7 Å². The molecule has 11 heavy (non-hydrogen) atoms. The molecule has 0 atom stereocenters. The van der Waals surface area contributed by atoms with Crippen LogP contribution in [0.25, 0.3) is 0 Å². The quantitative estimate of drug-likeness (QED) is 0.175. The molecule has 0 aromatic carbocycles. The summed E-state index contributed by atoms with van der Waals surface area (Å²) in [6, 6.07) is 0. The maximum atomic E-state index is 8.88. The molecule has 5 nitrogen and oxygen atoms in total. The minimum atomic E-state index is 0.0153. The average molecular weight is 158 g/mol. The molecule has 0 bridgehead atoms. The van der Waals surface area contributed by atoms with Crippen molar-refractivity contribution in [3.8, 4) is 0 Å². The predicted molar refractivity (Wildman–Crippen MR) is 42.6 cm³/mol. The molecule has 0 amide bonds. The molecule has 0 spiro atoms. The Hall–Kier alpha value is -0.810. The Kier molecular flexibility index (Phi) is 2.31. The summed E-state index contributed by atoms with van der Waals surface area (Å²) in [7, 11) is 0. The van der Waals surface area contributed by atoms with Crippen LogP contribution < -0.4 is 17.0 Å². The number of aliphatic hydroxyl groups excluding tert-OH is 1. The van der Waals surface area contributed by atoms with Gasteiger partial charge in [0.05, 0.1) is 13.2 Å². The number of hydrogen-bond donors (Lipinski definition) is 4. The highest BCUT2D eigenvalue weighted by Gasteiger charge is 2.41. The third kappa shape index (κ3) is 2.06. The summed E-state index contributed by atoms with van der Waals surface area (Å²) in [6.07, 6.45) is 2.07. The van der Waals surface area contributed by atoms with Crippen LogP contribution in [-0.2, 0) is 0 Å². The zero-order valence-corrected chi connectivity index (χ0v) is 6.38. The SMILES string of the molecule is NNC(N)=NCC1(CO)CC1. The molecule has 0 aliphatic heterocycles. The lowest BCUT2D eigenvalue weighted by Gasteiger charge is -2.07. The van der Waals surface area contributed by atoms with Gasteiger partial charge >= 0.3 is 0 Å². The van der Waals surface area contributed by atoms with Crippen molar-refractivity contribution >= 4 is 5.96 Å². The van der Waals surface area contributed by atoms with E-state index in [2.05, 4.69) is 10.4 Å². The second-order valence-electron chi connectivity index (χ2n) is 3.00. The summed E-state index contributed by atoms with van der Waals surface area (Å²) < 4.78 is 0. The van der Waals surface area contributed by atoms with Crippen LogP contribution in [0.4, 0.5) is 0 Å². The van der Waals surface area contributed by atoms with Crippen molar-refractivity contribution in [1.29, 1.82) is 0 Å². The maximum Gasteiger partial charge on any atom is 0.203 e. The first kappa shape index (κ1) is 8.29. The molecule has 5 heteroatoms. The van der Waals surface area contributed by atoms with E-state index >= 15 is 0 Å². The summed E-state index contributed by atoms with van der Waals surface area (Å²) >= 11 is 0. The second kappa shape index (κ2) is 3.06. The van der Waals surface area contributed by atoms with Crippen molar-refractivity contribution in [3.63, 3.8) is 0 Å². The molecule has 1 aliphatic carbocycles. The molecule has 0 aromatic heterocycles. The van der Waals surface area contributed by atoms with E-state index in [0.717, 1.165) is 12.8 Å². The number of nitrogens with one attached hydrogen (secondary N) is 1. The first-order chi connectivity index (χ1) is 5.22. The Balaban J connectivity index is 2.31. The molecule has 1 saturated carbocycles. The zero-order chi connectivity index (χ0) is 8.32. The number of nitrogens with zero attached hydrogens (tertiary/aromatic N) is 1. The molecule has 64 valence electrons. The minimum absolute atomic E-state index is 0.0153. The standard InChI is InChI=1S/C6H14N4O/c7-5(10-8)9-3-6(4-11)1-2-6/h11H,1-4,8H2,(H3,7,9,10). The van der Waals surface area contributed by atoms with Crippen LogP contribution in [0.3, 0.4) is 0 Å².